The number of benzene rings is 1. The molecule has 2 fully saturated rings. The van der Waals surface area contributed by atoms with Gasteiger partial charge in [0, 0.05) is 6.04 Å². The van der Waals surface area contributed by atoms with E-state index in [1.165, 1.54) is 12.8 Å². The Labute approximate surface area is 143 Å². The average Bonchev–Trinajstić information content (AvgIpc) is 3.18. The maximum atomic E-state index is 12.4. The van der Waals surface area contributed by atoms with Crippen LogP contribution in [-0.4, -0.2) is 33.0 Å². The summed E-state index contributed by atoms with van der Waals surface area (Å²) in [6.45, 7) is 1.50. The van der Waals surface area contributed by atoms with Crippen molar-refractivity contribution in [2.45, 2.75) is 62.5 Å². The molecule has 24 heavy (non-hydrogen) atoms. The van der Waals surface area contributed by atoms with Gasteiger partial charge in [-0.15, -0.1) is 0 Å². The monoisotopic (exact) mass is 352 g/mol. The summed E-state index contributed by atoms with van der Waals surface area (Å²) in [5, 5.41) is 2.76. The van der Waals surface area contributed by atoms with Crippen molar-refractivity contribution in [1.29, 1.82) is 0 Å². The van der Waals surface area contributed by atoms with Crippen LogP contribution in [0.15, 0.2) is 23.1 Å². The third kappa shape index (κ3) is 4.48. The summed E-state index contributed by atoms with van der Waals surface area (Å²) in [6, 6.07) is 5.19. The molecule has 2 saturated carbocycles. The number of hydrogen-bond donors (Lipinski definition) is 2. The predicted molar refractivity (Wildman–Crippen MR) is 90.4 cm³/mol. The second-order valence-corrected chi connectivity index (χ2v) is 8.35. The fraction of sp³-hybridized carbons (Fsp3) is 0.588. The zero-order valence-corrected chi connectivity index (χ0v) is 14.7. The van der Waals surface area contributed by atoms with Gasteiger partial charge in [-0.3, -0.25) is 4.79 Å². The SMILES string of the molecule is Cc1cc(OC2CCCC2)ccc1S(=O)(=O)NCC(=O)NC1CC1. The molecule has 0 unspecified atom stereocenters. The zero-order valence-electron chi connectivity index (χ0n) is 13.9. The van der Waals surface area contributed by atoms with Gasteiger partial charge < -0.3 is 10.1 Å². The van der Waals surface area contributed by atoms with Crippen molar-refractivity contribution in [2.24, 2.45) is 0 Å². The molecular weight excluding hydrogens is 328 g/mol. The van der Waals surface area contributed by atoms with Crippen LogP contribution in [0.1, 0.15) is 44.1 Å². The van der Waals surface area contributed by atoms with Crippen molar-refractivity contribution in [2.75, 3.05) is 6.54 Å². The summed E-state index contributed by atoms with van der Waals surface area (Å²) >= 11 is 0. The summed E-state index contributed by atoms with van der Waals surface area (Å²) in [7, 11) is -3.71. The van der Waals surface area contributed by atoms with E-state index in [1.54, 1.807) is 25.1 Å². The third-order valence-corrected chi connectivity index (χ3v) is 5.97. The summed E-state index contributed by atoms with van der Waals surface area (Å²) in [5.74, 6) is 0.407. The minimum absolute atomic E-state index is 0.181. The van der Waals surface area contributed by atoms with Gasteiger partial charge in [0.25, 0.3) is 0 Å². The van der Waals surface area contributed by atoms with Crippen LogP contribution in [0, 0.1) is 6.92 Å². The molecule has 0 saturated heterocycles. The molecule has 2 N–H and O–H groups in total. The van der Waals surface area contributed by atoms with E-state index in [1.807, 2.05) is 0 Å². The lowest BCUT2D eigenvalue weighted by molar-refractivity contribution is -0.120. The molecule has 0 atom stereocenters. The molecule has 2 aliphatic rings. The molecule has 0 bridgehead atoms. The van der Waals surface area contributed by atoms with Gasteiger partial charge in [-0.05, 0) is 69.2 Å². The molecule has 0 radical (unpaired) electrons. The number of ether oxygens (including phenoxy) is 1. The number of sulfonamides is 1. The lowest BCUT2D eigenvalue weighted by atomic mass is 10.2. The quantitative estimate of drug-likeness (QED) is 0.785. The number of amides is 1. The topological polar surface area (TPSA) is 84.5 Å². The summed E-state index contributed by atoms with van der Waals surface area (Å²) in [6.07, 6.45) is 6.65. The Hall–Kier alpha value is -1.60. The van der Waals surface area contributed by atoms with Crippen LogP contribution in [0.3, 0.4) is 0 Å². The van der Waals surface area contributed by atoms with Gasteiger partial charge in [-0.1, -0.05) is 0 Å². The average molecular weight is 352 g/mol. The number of hydrogen-bond acceptors (Lipinski definition) is 4. The van der Waals surface area contributed by atoms with E-state index in [2.05, 4.69) is 10.0 Å². The summed E-state index contributed by atoms with van der Waals surface area (Å²) < 4.78 is 33.0. The Kier molecular flexibility index (Phi) is 5.10. The lowest BCUT2D eigenvalue weighted by Crippen LogP contribution is -2.38. The molecule has 0 aromatic heterocycles. The predicted octanol–water partition coefficient (Wildman–Crippen LogP) is 1.87. The Morgan fingerprint density at radius 3 is 2.54 bits per heavy atom. The van der Waals surface area contributed by atoms with Gasteiger partial charge in [0.2, 0.25) is 15.9 Å². The Balaban J connectivity index is 1.62. The number of aryl methyl sites for hydroxylation is 1. The number of carbonyl (C=O) groups excluding carboxylic acids is 1. The molecule has 6 nitrogen and oxygen atoms in total. The standard InChI is InChI=1S/C17H24N2O4S/c1-12-10-15(23-14-4-2-3-5-14)8-9-16(12)24(21,22)18-11-17(20)19-13-6-7-13/h8-10,13-14,18H,2-7,11H2,1H3,(H,19,20). The van der Waals surface area contributed by atoms with Crippen LogP contribution < -0.4 is 14.8 Å². The highest BCUT2D eigenvalue weighted by atomic mass is 32.2. The zero-order chi connectivity index (χ0) is 17.2. The van der Waals surface area contributed by atoms with Gasteiger partial charge in [0.1, 0.15) is 5.75 Å². The fourth-order valence-corrected chi connectivity index (χ4v) is 4.15. The van der Waals surface area contributed by atoms with E-state index in [0.717, 1.165) is 25.7 Å². The Morgan fingerprint density at radius 1 is 1.21 bits per heavy atom. The van der Waals surface area contributed by atoms with Crippen LogP contribution in [0.2, 0.25) is 0 Å². The van der Waals surface area contributed by atoms with E-state index in [9.17, 15) is 13.2 Å². The molecule has 0 aliphatic heterocycles. The van der Waals surface area contributed by atoms with Crippen molar-refractivity contribution >= 4 is 15.9 Å². The molecule has 1 amide bonds. The molecule has 3 rings (SSSR count). The van der Waals surface area contributed by atoms with Crippen LogP contribution in [0.4, 0.5) is 0 Å². The number of rotatable bonds is 7. The molecule has 1 aromatic carbocycles. The molecule has 0 heterocycles. The van der Waals surface area contributed by atoms with Crippen molar-refractivity contribution in [3.8, 4) is 5.75 Å². The maximum absolute atomic E-state index is 12.4. The number of nitrogens with one attached hydrogen (secondary N) is 2. The second-order valence-electron chi connectivity index (χ2n) is 6.62. The largest absolute Gasteiger partial charge is 0.490 e. The molecule has 2 aliphatic carbocycles. The van der Waals surface area contributed by atoms with Crippen molar-refractivity contribution in [3.63, 3.8) is 0 Å². The molecule has 7 heteroatoms. The smallest absolute Gasteiger partial charge is 0.241 e. The fourth-order valence-electron chi connectivity index (χ4n) is 2.94. The highest BCUT2D eigenvalue weighted by Gasteiger charge is 2.25. The number of carbonyl (C=O) groups is 1. The van der Waals surface area contributed by atoms with Gasteiger partial charge >= 0.3 is 0 Å². The van der Waals surface area contributed by atoms with Gasteiger partial charge in [0.15, 0.2) is 0 Å². The van der Waals surface area contributed by atoms with Gasteiger partial charge in [-0.2, -0.15) is 0 Å². The second kappa shape index (κ2) is 7.11. The van der Waals surface area contributed by atoms with E-state index in [0.29, 0.717) is 11.3 Å². The van der Waals surface area contributed by atoms with Crippen LogP contribution in [-0.2, 0) is 14.8 Å². The molecule has 132 valence electrons. The third-order valence-electron chi connectivity index (χ3n) is 4.41. The van der Waals surface area contributed by atoms with E-state index >= 15 is 0 Å². The minimum atomic E-state index is -3.71. The first-order chi connectivity index (χ1) is 11.4. The summed E-state index contributed by atoms with van der Waals surface area (Å²) in [4.78, 5) is 11.8. The molecule has 0 spiro atoms. The minimum Gasteiger partial charge on any atom is -0.490 e. The van der Waals surface area contributed by atoms with Crippen LogP contribution >= 0.6 is 0 Å². The first-order valence-electron chi connectivity index (χ1n) is 8.50. The van der Waals surface area contributed by atoms with Crippen molar-refractivity contribution < 1.29 is 17.9 Å². The first kappa shape index (κ1) is 17.2. The lowest BCUT2D eigenvalue weighted by Gasteiger charge is -2.15. The van der Waals surface area contributed by atoms with E-state index in [-0.39, 0.29) is 29.5 Å². The summed E-state index contributed by atoms with van der Waals surface area (Å²) in [5.41, 5.74) is 0.612. The van der Waals surface area contributed by atoms with Gasteiger partial charge in [-0.25, -0.2) is 13.1 Å². The highest BCUT2D eigenvalue weighted by molar-refractivity contribution is 7.89. The van der Waals surface area contributed by atoms with E-state index in [4.69, 9.17) is 4.74 Å². The molecular formula is C17H24N2O4S. The van der Waals surface area contributed by atoms with Crippen LogP contribution in [0.5, 0.6) is 5.75 Å². The highest BCUT2D eigenvalue weighted by Crippen LogP contribution is 2.26. The van der Waals surface area contributed by atoms with Crippen LogP contribution in [0.25, 0.3) is 0 Å². The Bertz CT molecular complexity index is 707. The maximum Gasteiger partial charge on any atom is 0.241 e. The van der Waals surface area contributed by atoms with Crippen molar-refractivity contribution in [1.82, 2.24) is 10.0 Å². The first-order valence-corrected chi connectivity index (χ1v) is 9.99. The van der Waals surface area contributed by atoms with Crippen molar-refractivity contribution in [3.05, 3.63) is 23.8 Å². The Morgan fingerprint density at radius 2 is 1.92 bits per heavy atom. The molecule has 1 aromatic rings. The normalized spacial score (nSPS) is 18.5. The van der Waals surface area contributed by atoms with Gasteiger partial charge in [0.05, 0.1) is 17.5 Å². The van der Waals surface area contributed by atoms with E-state index < -0.39 is 10.0 Å².